The molecule has 1 aromatic carbocycles. The Balaban J connectivity index is 2.40. The van der Waals surface area contributed by atoms with Crippen molar-refractivity contribution >= 4 is 22.9 Å². The van der Waals surface area contributed by atoms with Crippen molar-refractivity contribution in [3.63, 3.8) is 0 Å². The van der Waals surface area contributed by atoms with Gasteiger partial charge in [-0.1, -0.05) is 23.2 Å². The van der Waals surface area contributed by atoms with Gasteiger partial charge in [0.15, 0.2) is 0 Å². The Morgan fingerprint density at radius 2 is 2.18 bits per heavy atom. The molecule has 2 aromatic rings. The number of benzene rings is 1. The molecule has 2 rings (SSSR count). The molecule has 0 amide bonds. The highest BCUT2D eigenvalue weighted by Crippen LogP contribution is 2.31. The van der Waals surface area contributed by atoms with Crippen LogP contribution in [0, 0.1) is 6.92 Å². The molecule has 0 saturated carbocycles. The lowest BCUT2D eigenvalue weighted by molar-refractivity contribution is 0.648. The minimum absolute atomic E-state index is 0.275. The van der Waals surface area contributed by atoms with Gasteiger partial charge in [0.25, 0.3) is 0 Å². The normalized spacial score (nSPS) is 12.7. The first-order valence-corrected chi connectivity index (χ1v) is 6.77. The minimum Gasteiger partial charge on any atom is -0.311 e. The molecule has 0 fully saturated rings. The van der Waals surface area contributed by atoms with Crippen LogP contribution in [-0.2, 0) is 0 Å². The first-order valence-electron chi connectivity index (χ1n) is 5.51. The fraction of sp³-hybridized carbons (Fsp3) is 0.308. The molecule has 1 N–H and O–H groups in total. The Morgan fingerprint density at radius 1 is 1.41 bits per heavy atom. The summed E-state index contributed by atoms with van der Waals surface area (Å²) in [6.07, 6.45) is 0. The van der Waals surface area contributed by atoms with Gasteiger partial charge in [-0.25, -0.2) is 4.98 Å². The maximum atomic E-state index is 6.20. The fourth-order valence-electron chi connectivity index (χ4n) is 1.57. The summed E-state index contributed by atoms with van der Waals surface area (Å²) < 4.78 is 0. The zero-order valence-electron chi connectivity index (χ0n) is 10.1. The van der Waals surface area contributed by atoms with Crippen molar-refractivity contribution in [3.8, 4) is 11.3 Å². The van der Waals surface area contributed by atoms with Gasteiger partial charge in [0.2, 0.25) is 0 Å². The summed E-state index contributed by atoms with van der Waals surface area (Å²) in [5.41, 5.74) is 3.17. The van der Waals surface area contributed by atoms with Crippen LogP contribution >= 0.6 is 22.9 Å². The molecule has 1 heterocycles. The third kappa shape index (κ3) is 2.68. The van der Waals surface area contributed by atoms with Crippen molar-refractivity contribution in [2.24, 2.45) is 0 Å². The second-order valence-electron chi connectivity index (χ2n) is 4.06. The first kappa shape index (κ1) is 12.6. The second kappa shape index (κ2) is 5.17. The third-order valence-corrected chi connectivity index (χ3v) is 4.08. The zero-order chi connectivity index (χ0) is 12.4. The van der Waals surface area contributed by atoms with Gasteiger partial charge in [-0.15, -0.1) is 11.3 Å². The number of halogens is 1. The number of nitrogens with one attached hydrogen (secondary N) is 1. The van der Waals surface area contributed by atoms with Crippen molar-refractivity contribution in [1.82, 2.24) is 10.3 Å². The molecule has 0 aliphatic rings. The van der Waals surface area contributed by atoms with Crippen LogP contribution in [-0.4, -0.2) is 12.0 Å². The van der Waals surface area contributed by atoms with E-state index in [1.165, 1.54) is 5.56 Å². The van der Waals surface area contributed by atoms with E-state index in [0.717, 1.165) is 21.3 Å². The minimum atomic E-state index is 0.275. The van der Waals surface area contributed by atoms with Gasteiger partial charge < -0.3 is 5.32 Å². The van der Waals surface area contributed by atoms with Gasteiger partial charge in [0, 0.05) is 10.9 Å². The summed E-state index contributed by atoms with van der Waals surface area (Å²) in [7, 11) is 1.94. The van der Waals surface area contributed by atoms with Gasteiger partial charge in [-0.05, 0) is 33.0 Å². The Kier molecular flexibility index (Phi) is 3.82. The van der Waals surface area contributed by atoms with Crippen molar-refractivity contribution in [2.45, 2.75) is 19.9 Å². The molecular weight excluding hydrogens is 252 g/mol. The van der Waals surface area contributed by atoms with E-state index in [-0.39, 0.29) is 6.04 Å². The number of nitrogens with zero attached hydrogens (tertiary/aromatic N) is 1. The molecule has 0 spiro atoms. The van der Waals surface area contributed by atoms with E-state index in [9.17, 15) is 0 Å². The predicted octanol–water partition coefficient (Wildman–Crippen LogP) is 4.05. The maximum Gasteiger partial charge on any atom is 0.110 e. The quantitative estimate of drug-likeness (QED) is 0.907. The summed E-state index contributed by atoms with van der Waals surface area (Å²) in [5.74, 6) is 0. The number of hydrogen-bond acceptors (Lipinski definition) is 3. The summed E-state index contributed by atoms with van der Waals surface area (Å²) in [5, 5.41) is 7.08. The van der Waals surface area contributed by atoms with Crippen molar-refractivity contribution < 1.29 is 0 Å². The highest BCUT2D eigenvalue weighted by molar-refractivity contribution is 7.10. The fourth-order valence-corrected chi connectivity index (χ4v) is 2.67. The van der Waals surface area contributed by atoms with E-state index in [0.29, 0.717) is 0 Å². The van der Waals surface area contributed by atoms with Crippen molar-refractivity contribution in [1.29, 1.82) is 0 Å². The molecule has 90 valence electrons. The first-order chi connectivity index (χ1) is 8.11. The molecule has 0 aliphatic heterocycles. The Bertz CT molecular complexity index is 522. The second-order valence-corrected chi connectivity index (χ2v) is 5.36. The van der Waals surface area contributed by atoms with Crippen LogP contribution in [0.3, 0.4) is 0 Å². The summed E-state index contributed by atoms with van der Waals surface area (Å²) in [6.45, 7) is 4.16. The standard InChI is InChI=1S/C13H15ClN2S/c1-8-4-5-11(14)10(6-8)12-7-17-13(16-12)9(2)15-3/h4-7,9,15H,1-3H3. The average Bonchev–Trinajstić information content (AvgIpc) is 2.80. The van der Waals surface area contributed by atoms with Crippen LogP contribution in [0.15, 0.2) is 23.6 Å². The molecule has 1 atom stereocenters. The molecule has 0 saturated heterocycles. The molecule has 0 bridgehead atoms. The highest BCUT2D eigenvalue weighted by atomic mass is 35.5. The van der Waals surface area contributed by atoms with Crippen LogP contribution in [0.2, 0.25) is 5.02 Å². The topological polar surface area (TPSA) is 24.9 Å². The largest absolute Gasteiger partial charge is 0.311 e. The lowest BCUT2D eigenvalue weighted by Crippen LogP contribution is -2.11. The lowest BCUT2D eigenvalue weighted by Gasteiger charge is -2.05. The Labute approximate surface area is 111 Å². The van der Waals surface area contributed by atoms with Gasteiger partial charge in [-0.3, -0.25) is 0 Å². The number of rotatable bonds is 3. The predicted molar refractivity (Wildman–Crippen MR) is 74.8 cm³/mol. The third-order valence-electron chi connectivity index (χ3n) is 2.72. The van der Waals surface area contributed by atoms with E-state index >= 15 is 0 Å². The van der Waals surface area contributed by atoms with E-state index in [4.69, 9.17) is 11.6 Å². The van der Waals surface area contributed by atoms with Crippen molar-refractivity contribution in [2.75, 3.05) is 7.05 Å². The molecular formula is C13H15ClN2S. The molecule has 1 unspecified atom stereocenters. The Hall–Kier alpha value is -0.900. The van der Waals surface area contributed by atoms with Crippen LogP contribution in [0.1, 0.15) is 23.5 Å². The molecule has 4 heteroatoms. The van der Waals surface area contributed by atoms with Crippen LogP contribution < -0.4 is 5.32 Å². The number of aromatic nitrogens is 1. The van der Waals surface area contributed by atoms with Crippen LogP contribution in [0.5, 0.6) is 0 Å². The molecule has 0 aliphatic carbocycles. The number of hydrogen-bond donors (Lipinski definition) is 1. The van der Waals surface area contributed by atoms with E-state index in [1.807, 2.05) is 19.2 Å². The average molecular weight is 267 g/mol. The van der Waals surface area contributed by atoms with Gasteiger partial charge >= 0.3 is 0 Å². The zero-order valence-corrected chi connectivity index (χ0v) is 11.7. The molecule has 17 heavy (non-hydrogen) atoms. The maximum absolute atomic E-state index is 6.20. The SMILES string of the molecule is CNC(C)c1nc(-c2cc(C)ccc2Cl)cs1. The van der Waals surface area contributed by atoms with E-state index in [2.05, 4.69) is 35.6 Å². The number of aryl methyl sites for hydroxylation is 1. The molecule has 2 nitrogen and oxygen atoms in total. The van der Waals surface area contributed by atoms with Gasteiger partial charge in [0.1, 0.15) is 5.01 Å². The van der Waals surface area contributed by atoms with Crippen molar-refractivity contribution in [3.05, 3.63) is 39.2 Å². The summed E-state index contributed by atoms with van der Waals surface area (Å²) >= 11 is 7.86. The molecule has 0 radical (unpaired) electrons. The van der Waals surface area contributed by atoms with Crippen LogP contribution in [0.25, 0.3) is 11.3 Å². The van der Waals surface area contributed by atoms with Gasteiger partial charge in [-0.2, -0.15) is 0 Å². The monoisotopic (exact) mass is 266 g/mol. The summed E-state index contributed by atoms with van der Waals surface area (Å²) in [4.78, 5) is 4.62. The lowest BCUT2D eigenvalue weighted by atomic mass is 10.1. The summed E-state index contributed by atoms with van der Waals surface area (Å²) in [6, 6.07) is 6.28. The molecule has 1 aromatic heterocycles. The van der Waals surface area contributed by atoms with Gasteiger partial charge in [0.05, 0.1) is 16.8 Å². The van der Waals surface area contributed by atoms with E-state index in [1.54, 1.807) is 11.3 Å². The smallest absolute Gasteiger partial charge is 0.110 e. The highest BCUT2D eigenvalue weighted by Gasteiger charge is 2.11. The number of thiazole rings is 1. The van der Waals surface area contributed by atoms with Crippen LogP contribution in [0.4, 0.5) is 0 Å². The Morgan fingerprint density at radius 3 is 2.88 bits per heavy atom. The van der Waals surface area contributed by atoms with E-state index < -0.39 is 0 Å².